The quantitative estimate of drug-likeness (QED) is 0.490. The van der Waals surface area contributed by atoms with E-state index in [1.54, 1.807) is 7.11 Å². The van der Waals surface area contributed by atoms with Crippen molar-refractivity contribution < 1.29 is 9.47 Å². The van der Waals surface area contributed by atoms with Crippen LogP contribution in [0.2, 0.25) is 0 Å². The molecule has 5 nitrogen and oxygen atoms in total. The second-order valence-electron chi connectivity index (χ2n) is 9.57. The zero-order valence-corrected chi connectivity index (χ0v) is 20.4. The predicted octanol–water partition coefficient (Wildman–Crippen LogP) is 5.61. The Bertz CT molecular complexity index is 1250. The lowest BCUT2D eigenvalue weighted by atomic mass is 9.74. The number of hydrogen-bond donors (Lipinski definition) is 0. The van der Waals surface area contributed by atoms with Gasteiger partial charge in [-0.05, 0) is 54.2 Å². The minimum Gasteiger partial charge on any atom is -0.497 e. The Morgan fingerprint density at radius 3 is 2.66 bits per heavy atom. The number of rotatable bonds is 5. The molecular formula is C30H31N3O2. The number of likely N-dealkylation sites (tertiary alicyclic amines) is 1. The fraction of sp³-hybridized carbons (Fsp3) is 0.333. The van der Waals surface area contributed by atoms with Gasteiger partial charge in [0.15, 0.2) is 0 Å². The average Bonchev–Trinajstić information content (AvgIpc) is 3.06. The minimum absolute atomic E-state index is 0.307. The van der Waals surface area contributed by atoms with Crippen molar-refractivity contribution in [1.82, 2.24) is 9.88 Å². The zero-order valence-electron chi connectivity index (χ0n) is 20.4. The summed E-state index contributed by atoms with van der Waals surface area (Å²) in [7, 11) is 1.69. The number of pyridine rings is 1. The molecule has 0 N–H and O–H groups in total. The van der Waals surface area contributed by atoms with E-state index in [0.29, 0.717) is 12.5 Å². The highest BCUT2D eigenvalue weighted by molar-refractivity contribution is 5.85. The van der Waals surface area contributed by atoms with Crippen molar-refractivity contribution in [3.8, 4) is 17.6 Å². The van der Waals surface area contributed by atoms with Crippen molar-refractivity contribution in [2.45, 2.75) is 31.8 Å². The Kier molecular flexibility index (Phi) is 6.57. The fourth-order valence-electron chi connectivity index (χ4n) is 5.33. The topological polar surface area (TPSA) is 58.4 Å². The van der Waals surface area contributed by atoms with Crippen LogP contribution in [-0.4, -0.2) is 36.6 Å². The molecule has 178 valence electrons. The largest absolute Gasteiger partial charge is 0.497 e. The summed E-state index contributed by atoms with van der Waals surface area (Å²) in [6, 6.07) is 23.0. The third-order valence-corrected chi connectivity index (χ3v) is 7.27. The van der Waals surface area contributed by atoms with Gasteiger partial charge in [0.2, 0.25) is 0 Å². The maximum absolute atomic E-state index is 10.0. The normalized spacial score (nSPS) is 18.9. The lowest BCUT2D eigenvalue weighted by Gasteiger charge is -2.38. The molecule has 5 heteroatoms. The van der Waals surface area contributed by atoms with E-state index in [1.165, 1.54) is 0 Å². The lowest BCUT2D eigenvalue weighted by Crippen LogP contribution is -2.43. The Hall–Kier alpha value is -3.62. The molecule has 35 heavy (non-hydrogen) atoms. The number of hydrogen-bond acceptors (Lipinski definition) is 5. The van der Waals surface area contributed by atoms with Crippen molar-refractivity contribution >= 4 is 5.57 Å². The molecule has 3 heterocycles. The molecule has 5 rings (SSSR count). The van der Waals surface area contributed by atoms with Gasteiger partial charge in [0.25, 0.3) is 0 Å². The Morgan fingerprint density at radius 2 is 1.91 bits per heavy atom. The zero-order chi connectivity index (χ0) is 24.3. The van der Waals surface area contributed by atoms with Crippen LogP contribution in [0.3, 0.4) is 0 Å². The molecule has 3 aromatic rings. The molecule has 2 aliphatic heterocycles. The highest BCUT2D eigenvalue weighted by atomic mass is 16.5. The van der Waals surface area contributed by atoms with Gasteiger partial charge in [-0.3, -0.25) is 4.98 Å². The van der Waals surface area contributed by atoms with Crippen LogP contribution < -0.4 is 9.47 Å². The lowest BCUT2D eigenvalue weighted by molar-refractivity contribution is 0.174. The molecule has 1 aromatic heterocycles. The van der Waals surface area contributed by atoms with E-state index < -0.39 is 0 Å². The molecule has 0 saturated carbocycles. The SMILES string of the molecule is COc1ccc2c(c1)/C(=C/C(C)CN1CCC(C#N)(c3ccccc3)CC1)c1cccnc1CO2. The van der Waals surface area contributed by atoms with Crippen LogP contribution in [0.4, 0.5) is 0 Å². The minimum atomic E-state index is -0.377. The molecule has 0 amide bonds. The van der Waals surface area contributed by atoms with Gasteiger partial charge in [-0.1, -0.05) is 49.4 Å². The van der Waals surface area contributed by atoms with Gasteiger partial charge in [0.05, 0.1) is 24.3 Å². The second kappa shape index (κ2) is 9.93. The maximum Gasteiger partial charge on any atom is 0.131 e. The number of benzene rings is 2. The van der Waals surface area contributed by atoms with E-state index in [4.69, 9.17) is 9.47 Å². The third-order valence-electron chi connectivity index (χ3n) is 7.27. The summed E-state index contributed by atoms with van der Waals surface area (Å²) in [4.78, 5) is 7.08. The molecular weight excluding hydrogens is 434 g/mol. The number of ether oxygens (including phenoxy) is 2. The number of nitriles is 1. The van der Waals surface area contributed by atoms with Crippen molar-refractivity contribution in [2.75, 3.05) is 26.7 Å². The Balaban J connectivity index is 1.38. The van der Waals surface area contributed by atoms with Crippen LogP contribution in [0, 0.1) is 17.2 Å². The van der Waals surface area contributed by atoms with Crippen LogP contribution in [0.15, 0.2) is 72.9 Å². The Morgan fingerprint density at radius 1 is 1.11 bits per heavy atom. The molecule has 2 aliphatic rings. The molecule has 2 aromatic carbocycles. The summed E-state index contributed by atoms with van der Waals surface area (Å²) in [5.74, 6) is 1.96. The van der Waals surface area contributed by atoms with Crippen LogP contribution in [0.25, 0.3) is 5.57 Å². The summed E-state index contributed by atoms with van der Waals surface area (Å²) >= 11 is 0. The van der Waals surface area contributed by atoms with Gasteiger partial charge in [-0.15, -0.1) is 0 Å². The molecule has 0 spiro atoms. The molecule has 0 radical (unpaired) electrons. The second-order valence-corrected chi connectivity index (χ2v) is 9.57. The fourth-order valence-corrected chi connectivity index (χ4v) is 5.33. The first-order chi connectivity index (χ1) is 17.1. The monoisotopic (exact) mass is 465 g/mol. The molecule has 1 unspecified atom stereocenters. The van der Waals surface area contributed by atoms with Crippen LogP contribution in [0.5, 0.6) is 11.5 Å². The van der Waals surface area contributed by atoms with Crippen LogP contribution >= 0.6 is 0 Å². The molecule has 1 saturated heterocycles. The van der Waals surface area contributed by atoms with E-state index >= 15 is 0 Å². The number of fused-ring (bicyclic) bond motifs is 2. The van der Waals surface area contributed by atoms with Gasteiger partial charge in [-0.25, -0.2) is 0 Å². The van der Waals surface area contributed by atoms with Crippen molar-refractivity contribution in [1.29, 1.82) is 5.26 Å². The first kappa shape index (κ1) is 23.1. The van der Waals surface area contributed by atoms with E-state index in [0.717, 1.165) is 71.9 Å². The van der Waals surface area contributed by atoms with Crippen molar-refractivity contribution in [3.63, 3.8) is 0 Å². The van der Waals surface area contributed by atoms with Gasteiger partial charge in [0.1, 0.15) is 18.1 Å². The van der Waals surface area contributed by atoms with Gasteiger partial charge in [-0.2, -0.15) is 5.26 Å². The van der Waals surface area contributed by atoms with Gasteiger partial charge in [0, 0.05) is 37.0 Å². The van der Waals surface area contributed by atoms with Crippen molar-refractivity contribution in [2.24, 2.45) is 5.92 Å². The summed E-state index contributed by atoms with van der Waals surface area (Å²) in [6.07, 6.45) is 5.88. The smallest absolute Gasteiger partial charge is 0.131 e. The van der Waals surface area contributed by atoms with Gasteiger partial charge >= 0.3 is 0 Å². The standard InChI is InChI=1S/C30H31N3O2/c1-22(19-33-15-12-30(21-31,13-16-33)23-7-4-3-5-8-23)17-26-25-9-6-14-32-28(25)20-35-29-11-10-24(34-2)18-27(26)29/h3-11,14,17-18,22H,12-13,15-16,19-20H2,1-2H3/b26-17+. The summed E-state index contributed by atoms with van der Waals surface area (Å²) in [6.45, 7) is 5.49. The highest BCUT2D eigenvalue weighted by Gasteiger charge is 2.36. The first-order valence-electron chi connectivity index (χ1n) is 12.3. The number of methoxy groups -OCH3 is 1. The number of nitrogens with zero attached hydrogens (tertiary/aromatic N) is 3. The van der Waals surface area contributed by atoms with E-state index in [9.17, 15) is 5.26 Å². The predicted molar refractivity (Wildman–Crippen MR) is 137 cm³/mol. The van der Waals surface area contributed by atoms with E-state index in [2.05, 4.69) is 53.2 Å². The maximum atomic E-state index is 10.0. The first-order valence-corrected chi connectivity index (χ1v) is 12.3. The van der Waals surface area contributed by atoms with Crippen molar-refractivity contribution in [3.05, 3.63) is 95.3 Å². The summed E-state index contributed by atoms with van der Waals surface area (Å²) in [5, 5.41) is 10.0. The van der Waals surface area contributed by atoms with E-state index in [1.807, 2.05) is 42.6 Å². The highest BCUT2D eigenvalue weighted by Crippen LogP contribution is 2.39. The van der Waals surface area contributed by atoms with Crippen LogP contribution in [-0.2, 0) is 12.0 Å². The summed E-state index contributed by atoms with van der Waals surface area (Å²) in [5.41, 5.74) is 5.00. The number of aromatic nitrogens is 1. The molecule has 1 atom stereocenters. The molecule has 0 bridgehead atoms. The third kappa shape index (κ3) is 4.67. The Labute approximate surface area is 207 Å². The molecule has 0 aliphatic carbocycles. The summed E-state index contributed by atoms with van der Waals surface area (Å²) < 4.78 is 11.6. The average molecular weight is 466 g/mol. The number of piperidine rings is 1. The van der Waals surface area contributed by atoms with Crippen LogP contribution in [0.1, 0.15) is 42.1 Å². The van der Waals surface area contributed by atoms with E-state index in [-0.39, 0.29) is 5.41 Å². The van der Waals surface area contributed by atoms with Gasteiger partial charge < -0.3 is 14.4 Å². The molecule has 1 fully saturated rings.